The summed E-state index contributed by atoms with van der Waals surface area (Å²) in [5.74, 6) is -0.197. The molecule has 0 rings (SSSR count). The first kappa shape index (κ1) is 85.0. The Morgan fingerprint density at radius 1 is 0.395 bits per heavy atom. The number of nitrogens with zero attached hydrogens (tertiary/aromatic N) is 1. The van der Waals surface area contributed by atoms with Crippen LogP contribution in [0.5, 0.6) is 0 Å². The zero-order chi connectivity index (χ0) is 62.6. The highest BCUT2D eigenvalue weighted by Crippen LogP contribution is 2.38. The number of rotatable bonds is 73. The summed E-state index contributed by atoms with van der Waals surface area (Å²) >= 11 is 0. The number of nitrogens with one attached hydrogen (secondary N) is 1. The molecular weight excluding hydrogens is 1080 g/mol. The lowest BCUT2D eigenvalue weighted by molar-refractivity contribution is -0.870. The molecule has 0 saturated heterocycles. The number of unbranched alkanes of at least 4 members (excludes halogenated alkanes) is 58. The average molecular weight is 1230 g/mol. The molecule has 0 aromatic rings. The van der Waals surface area contributed by atoms with Crippen molar-refractivity contribution in [3.05, 3.63) is 24.3 Å². The standard InChI is InChI=1S/C77H153N2O6P/c1-6-8-10-12-14-16-18-20-22-24-26-28-30-32-34-36-38-39-40-41-43-45-47-49-51-53-55-57-59-61-63-65-67-69-71-77(81)78-75(74-85-86(82,83)84-73-72-79(3,4)5)76(80)70-68-66-64-62-60-58-56-54-52-50-48-46-44-42-37-35-33-31-29-27-25-23-21-19-17-15-13-11-9-7-2/h60,62,68,70,75-76,80H,6-59,61,63-67,69,71-74H2,1-5H3,(H-,78,81,82,83)/b62-60+,70-68+. The van der Waals surface area contributed by atoms with E-state index in [2.05, 4.69) is 31.3 Å². The number of aliphatic hydroxyl groups is 1. The van der Waals surface area contributed by atoms with Crippen molar-refractivity contribution in [2.45, 2.75) is 424 Å². The number of phosphoric ester groups is 1. The highest BCUT2D eigenvalue weighted by molar-refractivity contribution is 7.45. The van der Waals surface area contributed by atoms with Gasteiger partial charge in [-0.2, -0.15) is 0 Å². The number of likely N-dealkylation sites (N-methyl/N-ethyl adjacent to an activating group) is 1. The predicted octanol–water partition coefficient (Wildman–Crippen LogP) is 24.4. The van der Waals surface area contributed by atoms with Gasteiger partial charge in [0.25, 0.3) is 7.82 Å². The van der Waals surface area contributed by atoms with Gasteiger partial charge in [-0.1, -0.05) is 398 Å². The zero-order valence-corrected chi connectivity index (χ0v) is 59.7. The van der Waals surface area contributed by atoms with E-state index >= 15 is 0 Å². The van der Waals surface area contributed by atoms with Gasteiger partial charge in [-0.25, -0.2) is 0 Å². The van der Waals surface area contributed by atoms with Gasteiger partial charge in [-0.15, -0.1) is 0 Å². The van der Waals surface area contributed by atoms with E-state index in [1.807, 2.05) is 27.2 Å². The molecule has 0 aromatic carbocycles. The number of quaternary nitrogens is 1. The van der Waals surface area contributed by atoms with Crippen LogP contribution in [0.25, 0.3) is 0 Å². The summed E-state index contributed by atoms with van der Waals surface area (Å²) < 4.78 is 23.5. The van der Waals surface area contributed by atoms with Crippen molar-refractivity contribution in [1.82, 2.24) is 5.32 Å². The van der Waals surface area contributed by atoms with E-state index in [1.54, 1.807) is 6.08 Å². The van der Waals surface area contributed by atoms with Gasteiger partial charge in [0.1, 0.15) is 13.2 Å². The summed E-state index contributed by atoms with van der Waals surface area (Å²) in [7, 11) is 1.27. The van der Waals surface area contributed by atoms with Crippen LogP contribution in [0.2, 0.25) is 0 Å². The molecule has 512 valence electrons. The number of carbonyl (C=O) groups excluding carboxylic acids is 1. The average Bonchev–Trinajstić information content (AvgIpc) is 3.68. The van der Waals surface area contributed by atoms with Gasteiger partial charge in [0, 0.05) is 6.42 Å². The van der Waals surface area contributed by atoms with Crippen LogP contribution >= 0.6 is 7.82 Å². The quantitative estimate of drug-likeness (QED) is 0.0272. The fourth-order valence-corrected chi connectivity index (χ4v) is 12.9. The summed E-state index contributed by atoms with van der Waals surface area (Å²) in [6, 6.07) is -0.902. The van der Waals surface area contributed by atoms with E-state index < -0.39 is 20.0 Å². The van der Waals surface area contributed by atoms with E-state index in [9.17, 15) is 19.4 Å². The van der Waals surface area contributed by atoms with Crippen molar-refractivity contribution in [1.29, 1.82) is 0 Å². The maximum absolute atomic E-state index is 13.1. The molecule has 9 heteroatoms. The van der Waals surface area contributed by atoms with Gasteiger partial charge in [0.05, 0.1) is 39.9 Å². The molecule has 0 aliphatic heterocycles. The molecule has 1 amide bonds. The molecule has 0 heterocycles. The van der Waals surface area contributed by atoms with Crippen LogP contribution in [0.3, 0.4) is 0 Å². The fourth-order valence-electron chi connectivity index (χ4n) is 12.2. The monoisotopic (exact) mass is 1230 g/mol. The lowest BCUT2D eigenvalue weighted by Crippen LogP contribution is -2.45. The number of allylic oxidation sites excluding steroid dienone is 3. The van der Waals surface area contributed by atoms with Crippen molar-refractivity contribution in [3.63, 3.8) is 0 Å². The molecule has 86 heavy (non-hydrogen) atoms. The number of hydrogen-bond donors (Lipinski definition) is 2. The predicted molar refractivity (Wildman–Crippen MR) is 376 cm³/mol. The minimum atomic E-state index is -4.61. The number of carbonyl (C=O) groups is 1. The number of phosphoric acid groups is 1. The van der Waals surface area contributed by atoms with Crippen LogP contribution in [-0.4, -0.2) is 68.5 Å². The van der Waals surface area contributed by atoms with Crippen molar-refractivity contribution in [2.75, 3.05) is 40.9 Å². The zero-order valence-electron chi connectivity index (χ0n) is 58.8. The van der Waals surface area contributed by atoms with Gasteiger partial charge in [-0.05, 0) is 32.1 Å². The molecule has 3 atom stereocenters. The summed E-state index contributed by atoms with van der Waals surface area (Å²) in [5, 5.41) is 14.0. The Morgan fingerprint density at radius 2 is 0.651 bits per heavy atom. The van der Waals surface area contributed by atoms with Crippen LogP contribution in [0, 0.1) is 0 Å². The third-order valence-corrected chi connectivity index (χ3v) is 19.1. The molecule has 3 unspecified atom stereocenters. The second-order valence-electron chi connectivity index (χ2n) is 28.1. The van der Waals surface area contributed by atoms with Crippen LogP contribution in [-0.2, 0) is 18.4 Å². The number of aliphatic hydroxyl groups excluding tert-OH is 1. The fraction of sp³-hybridized carbons (Fsp3) is 0.935. The first-order chi connectivity index (χ1) is 42.0. The minimum absolute atomic E-state index is 0.00329. The van der Waals surface area contributed by atoms with Crippen molar-refractivity contribution >= 4 is 13.7 Å². The summed E-state index contributed by atoms with van der Waals surface area (Å²) in [6.45, 7) is 4.71. The Labute approximate surface area is 538 Å². The SMILES string of the molecule is CCCCCCCCCCCCCCCCCCCCCCCCCC/C=C/CC/C=C/C(O)C(COP(=O)([O-])OCC[N+](C)(C)C)NC(=O)CCCCCCCCCCCCCCCCCCCCCCCCCCCCCCCCCCCC. The molecule has 0 aromatic heterocycles. The number of hydrogen-bond acceptors (Lipinski definition) is 6. The molecule has 0 fully saturated rings. The largest absolute Gasteiger partial charge is 0.756 e. The topological polar surface area (TPSA) is 108 Å². The molecule has 0 saturated carbocycles. The first-order valence-corrected chi connectivity index (χ1v) is 40.2. The second kappa shape index (κ2) is 68.3. The van der Waals surface area contributed by atoms with Gasteiger partial charge in [0.15, 0.2) is 0 Å². The summed E-state index contributed by atoms with van der Waals surface area (Å²) in [4.78, 5) is 25.7. The lowest BCUT2D eigenvalue weighted by Gasteiger charge is -2.29. The molecule has 2 N–H and O–H groups in total. The van der Waals surface area contributed by atoms with Crippen LogP contribution in [0.15, 0.2) is 24.3 Å². The molecule has 0 radical (unpaired) electrons. The molecule has 0 aliphatic carbocycles. The second-order valence-corrected chi connectivity index (χ2v) is 29.5. The normalized spacial score (nSPS) is 13.6. The van der Waals surface area contributed by atoms with Crippen LogP contribution in [0.4, 0.5) is 0 Å². The van der Waals surface area contributed by atoms with E-state index in [0.29, 0.717) is 17.4 Å². The third-order valence-electron chi connectivity index (χ3n) is 18.2. The van der Waals surface area contributed by atoms with Gasteiger partial charge in [0.2, 0.25) is 5.91 Å². The van der Waals surface area contributed by atoms with Crippen molar-refractivity contribution in [3.8, 4) is 0 Å². The smallest absolute Gasteiger partial charge is 0.268 e. The highest BCUT2D eigenvalue weighted by atomic mass is 31.2. The lowest BCUT2D eigenvalue weighted by atomic mass is 10.0. The number of amides is 1. The first-order valence-electron chi connectivity index (χ1n) is 38.7. The van der Waals surface area contributed by atoms with Crippen LogP contribution < -0.4 is 10.2 Å². The van der Waals surface area contributed by atoms with Gasteiger partial charge >= 0.3 is 0 Å². The Morgan fingerprint density at radius 3 is 0.942 bits per heavy atom. The van der Waals surface area contributed by atoms with Gasteiger partial charge in [-0.3, -0.25) is 9.36 Å². The Hall–Kier alpha value is -1.02. The molecule has 0 bridgehead atoms. The third kappa shape index (κ3) is 70.4. The van der Waals surface area contributed by atoms with E-state index in [-0.39, 0.29) is 19.1 Å². The summed E-state index contributed by atoms with van der Waals surface area (Å²) in [6.07, 6.45) is 90.6. The molecule has 0 spiro atoms. The van der Waals surface area contributed by atoms with E-state index in [4.69, 9.17) is 9.05 Å². The van der Waals surface area contributed by atoms with Crippen molar-refractivity contribution in [2.24, 2.45) is 0 Å². The summed E-state index contributed by atoms with van der Waals surface area (Å²) in [5.41, 5.74) is 0. The van der Waals surface area contributed by atoms with E-state index in [1.165, 1.54) is 353 Å². The maximum atomic E-state index is 13.1. The Bertz CT molecular complexity index is 1450. The van der Waals surface area contributed by atoms with Crippen molar-refractivity contribution < 1.29 is 32.9 Å². The molecule has 8 nitrogen and oxygen atoms in total. The van der Waals surface area contributed by atoms with E-state index in [0.717, 1.165) is 38.5 Å². The Kier molecular flexibility index (Phi) is 67.5. The Balaban J connectivity index is 3.99. The highest BCUT2D eigenvalue weighted by Gasteiger charge is 2.23. The minimum Gasteiger partial charge on any atom is -0.756 e. The molecule has 0 aliphatic rings. The van der Waals surface area contributed by atoms with Gasteiger partial charge < -0.3 is 28.8 Å². The van der Waals surface area contributed by atoms with Crippen LogP contribution in [0.1, 0.15) is 412 Å². The molecular formula is C77H153N2O6P. The maximum Gasteiger partial charge on any atom is 0.268 e.